The van der Waals surface area contributed by atoms with E-state index in [0.29, 0.717) is 12.8 Å². The molecular weight excluding hydrogens is 382 g/mol. The Labute approximate surface area is 157 Å². The minimum atomic E-state index is -3.73. The molecule has 0 spiro atoms. The highest BCUT2D eigenvalue weighted by atomic mass is 35.5. The number of amides is 1. The summed E-state index contributed by atoms with van der Waals surface area (Å²) in [6.45, 7) is 5.84. The van der Waals surface area contributed by atoms with Crippen LogP contribution in [0.15, 0.2) is 28.3 Å². The average Bonchev–Trinajstić information content (AvgIpc) is 2.53. The van der Waals surface area contributed by atoms with Crippen molar-refractivity contribution in [2.75, 3.05) is 13.1 Å². The second-order valence-corrected chi connectivity index (χ2v) is 9.37. The molecule has 0 radical (unpaired) electrons. The third-order valence-corrected chi connectivity index (χ3v) is 6.03. The van der Waals surface area contributed by atoms with E-state index in [4.69, 9.17) is 16.3 Å². The smallest absolute Gasteiger partial charge is 0.407 e. The topological polar surface area (TPSA) is 105 Å². The first-order chi connectivity index (χ1) is 12.0. The number of nitroso groups, excluding NO2 is 1. The number of hydrogen-bond donors (Lipinski definition) is 1. The van der Waals surface area contributed by atoms with E-state index < -0.39 is 21.7 Å². The Morgan fingerprint density at radius 3 is 2.42 bits per heavy atom. The molecule has 1 fully saturated rings. The van der Waals surface area contributed by atoms with E-state index in [0.717, 1.165) is 0 Å². The van der Waals surface area contributed by atoms with Crippen LogP contribution in [0.5, 0.6) is 0 Å². The summed E-state index contributed by atoms with van der Waals surface area (Å²) in [5.41, 5.74) is -0.596. The van der Waals surface area contributed by atoms with Crippen LogP contribution >= 0.6 is 11.6 Å². The van der Waals surface area contributed by atoms with E-state index in [1.165, 1.54) is 22.5 Å². The van der Waals surface area contributed by atoms with E-state index in [9.17, 15) is 18.1 Å². The molecular formula is C16H22ClN3O5S. The van der Waals surface area contributed by atoms with E-state index in [2.05, 4.69) is 10.5 Å². The van der Waals surface area contributed by atoms with Crippen LogP contribution in [0.4, 0.5) is 10.5 Å². The first-order valence-electron chi connectivity index (χ1n) is 8.15. The Bertz CT molecular complexity index is 784. The van der Waals surface area contributed by atoms with Gasteiger partial charge in [0.2, 0.25) is 10.0 Å². The molecule has 26 heavy (non-hydrogen) atoms. The fourth-order valence-corrected chi connectivity index (χ4v) is 4.36. The van der Waals surface area contributed by atoms with Gasteiger partial charge in [-0.15, -0.1) is 4.91 Å². The van der Waals surface area contributed by atoms with Gasteiger partial charge in [-0.05, 0) is 57.0 Å². The van der Waals surface area contributed by atoms with Gasteiger partial charge in [0, 0.05) is 19.1 Å². The summed E-state index contributed by atoms with van der Waals surface area (Å²) in [4.78, 5) is 22.4. The van der Waals surface area contributed by atoms with Crippen molar-refractivity contribution in [2.24, 2.45) is 5.18 Å². The lowest BCUT2D eigenvalue weighted by Crippen LogP contribution is -2.47. The molecule has 1 heterocycles. The van der Waals surface area contributed by atoms with Crippen LogP contribution in [0.25, 0.3) is 0 Å². The molecule has 1 saturated heterocycles. The lowest BCUT2D eigenvalue weighted by atomic mass is 10.1. The molecule has 10 heteroatoms. The normalized spacial score (nSPS) is 16.9. The Morgan fingerprint density at radius 2 is 1.92 bits per heavy atom. The van der Waals surface area contributed by atoms with Crippen LogP contribution in [0.3, 0.4) is 0 Å². The molecule has 0 aromatic heterocycles. The van der Waals surface area contributed by atoms with Crippen molar-refractivity contribution >= 4 is 33.4 Å². The van der Waals surface area contributed by atoms with E-state index in [1.54, 1.807) is 20.8 Å². The summed E-state index contributed by atoms with van der Waals surface area (Å²) in [7, 11) is -3.73. The maximum atomic E-state index is 12.7. The van der Waals surface area contributed by atoms with Crippen molar-refractivity contribution in [2.45, 2.75) is 50.2 Å². The maximum Gasteiger partial charge on any atom is 0.407 e. The van der Waals surface area contributed by atoms with Crippen molar-refractivity contribution in [3.05, 3.63) is 28.1 Å². The minimum Gasteiger partial charge on any atom is -0.444 e. The number of rotatable bonds is 4. The molecule has 0 bridgehead atoms. The summed E-state index contributed by atoms with van der Waals surface area (Å²) in [6, 6.07) is 3.65. The number of carbonyl (C=O) groups is 1. The van der Waals surface area contributed by atoms with Crippen LogP contribution in [-0.2, 0) is 14.8 Å². The number of carbonyl (C=O) groups excluding carboxylic acids is 1. The Morgan fingerprint density at radius 1 is 1.31 bits per heavy atom. The van der Waals surface area contributed by atoms with Gasteiger partial charge in [0.1, 0.15) is 11.3 Å². The number of halogens is 1. The van der Waals surface area contributed by atoms with Crippen molar-refractivity contribution in [3.63, 3.8) is 0 Å². The number of sulfonamides is 1. The van der Waals surface area contributed by atoms with E-state index in [1.807, 2.05) is 0 Å². The zero-order chi connectivity index (χ0) is 19.5. The van der Waals surface area contributed by atoms with Crippen LogP contribution in [0.2, 0.25) is 5.02 Å². The lowest BCUT2D eigenvalue weighted by Gasteiger charge is -2.32. The van der Waals surface area contributed by atoms with Gasteiger partial charge in [-0.3, -0.25) is 0 Å². The number of alkyl carbamates (subject to hydrolysis) is 1. The van der Waals surface area contributed by atoms with Crippen molar-refractivity contribution in [1.82, 2.24) is 9.62 Å². The lowest BCUT2D eigenvalue weighted by molar-refractivity contribution is 0.0489. The molecule has 1 aromatic rings. The number of nitrogens with one attached hydrogen (secondary N) is 1. The predicted molar refractivity (Wildman–Crippen MR) is 98.1 cm³/mol. The molecule has 0 aliphatic carbocycles. The van der Waals surface area contributed by atoms with Gasteiger partial charge in [-0.25, -0.2) is 13.2 Å². The number of ether oxygens (including phenoxy) is 1. The van der Waals surface area contributed by atoms with Crippen LogP contribution in [0, 0.1) is 4.91 Å². The zero-order valence-corrected chi connectivity index (χ0v) is 16.4. The Kier molecular flexibility index (Phi) is 6.25. The van der Waals surface area contributed by atoms with E-state index in [-0.39, 0.29) is 34.7 Å². The fraction of sp³-hybridized carbons (Fsp3) is 0.562. The SMILES string of the molecule is CC(C)(C)OC(=O)NC1CCN(S(=O)(=O)c2ccc(N=O)c(Cl)c2)CC1. The maximum absolute atomic E-state index is 12.7. The standard InChI is InChI=1S/C16H22ClN3O5S/c1-16(2,3)25-15(21)18-11-6-8-20(9-7-11)26(23,24)12-4-5-14(19-22)13(17)10-12/h4-5,10-11H,6-9H2,1-3H3,(H,18,21). The minimum absolute atomic E-state index is 0.00783. The van der Waals surface area contributed by atoms with Gasteiger partial charge in [0.05, 0.1) is 9.92 Å². The van der Waals surface area contributed by atoms with Crippen LogP contribution in [-0.4, -0.2) is 43.5 Å². The monoisotopic (exact) mass is 403 g/mol. The van der Waals surface area contributed by atoms with Crippen molar-refractivity contribution in [1.29, 1.82) is 0 Å². The number of hydrogen-bond acceptors (Lipinski definition) is 6. The third-order valence-electron chi connectivity index (χ3n) is 3.83. The first kappa shape index (κ1) is 20.6. The molecule has 0 atom stereocenters. The summed E-state index contributed by atoms with van der Waals surface area (Å²) >= 11 is 5.87. The number of nitrogens with zero attached hydrogens (tertiary/aromatic N) is 2. The second kappa shape index (κ2) is 7.89. The Balaban J connectivity index is 1.99. The van der Waals surface area contributed by atoms with Crippen molar-refractivity contribution in [3.8, 4) is 0 Å². The molecule has 1 aliphatic rings. The van der Waals surface area contributed by atoms with Gasteiger partial charge in [0.25, 0.3) is 0 Å². The summed E-state index contributed by atoms with van der Waals surface area (Å²) in [5, 5.41) is 5.48. The quantitative estimate of drug-likeness (QED) is 0.775. The van der Waals surface area contributed by atoms with Crippen molar-refractivity contribution < 1.29 is 17.9 Å². The average molecular weight is 404 g/mol. The first-order valence-corrected chi connectivity index (χ1v) is 9.97. The largest absolute Gasteiger partial charge is 0.444 e. The molecule has 1 N–H and O–H groups in total. The highest BCUT2D eigenvalue weighted by Crippen LogP contribution is 2.29. The van der Waals surface area contributed by atoms with Crippen LogP contribution in [0.1, 0.15) is 33.6 Å². The summed E-state index contributed by atoms with van der Waals surface area (Å²) in [6.07, 6.45) is 0.433. The van der Waals surface area contributed by atoms with Crippen LogP contribution < -0.4 is 5.32 Å². The summed E-state index contributed by atoms with van der Waals surface area (Å²) < 4.78 is 31.9. The number of piperidine rings is 1. The highest BCUT2D eigenvalue weighted by molar-refractivity contribution is 7.89. The molecule has 0 unspecified atom stereocenters. The Hall–Kier alpha value is -1.71. The fourth-order valence-electron chi connectivity index (χ4n) is 2.59. The highest BCUT2D eigenvalue weighted by Gasteiger charge is 2.31. The molecule has 8 nitrogen and oxygen atoms in total. The van der Waals surface area contributed by atoms with Gasteiger partial charge in [0.15, 0.2) is 0 Å². The van der Waals surface area contributed by atoms with Gasteiger partial charge in [-0.1, -0.05) is 11.6 Å². The second-order valence-electron chi connectivity index (χ2n) is 7.03. The predicted octanol–water partition coefficient (Wildman–Crippen LogP) is 3.42. The number of benzene rings is 1. The van der Waals surface area contributed by atoms with E-state index >= 15 is 0 Å². The molecule has 2 rings (SSSR count). The molecule has 1 aliphatic heterocycles. The molecule has 1 amide bonds. The third kappa shape index (κ3) is 5.15. The molecule has 0 saturated carbocycles. The zero-order valence-electron chi connectivity index (χ0n) is 14.9. The molecule has 144 valence electrons. The summed E-state index contributed by atoms with van der Waals surface area (Å²) in [5.74, 6) is 0. The van der Waals surface area contributed by atoms with Gasteiger partial charge < -0.3 is 10.1 Å². The molecule has 1 aromatic carbocycles. The van der Waals surface area contributed by atoms with Gasteiger partial charge >= 0.3 is 6.09 Å². The van der Waals surface area contributed by atoms with Gasteiger partial charge in [-0.2, -0.15) is 4.31 Å².